The van der Waals surface area contributed by atoms with Crippen molar-refractivity contribution >= 4 is 17.8 Å². The molecule has 2 aromatic rings. The number of allylic oxidation sites excluding steroid dienone is 1. The molecule has 0 saturated heterocycles. The van der Waals surface area contributed by atoms with Crippen molar-refractivity contribution in [2.75, 3.05) is 27.9 Å². The van der Waals surface area contributed by atoms with E-state index in [9.17, 15) is 9.59 Å². The third kappa shape index (κ3) is 5.39. The quantitative estimate of drug-likeness (QED) is 0.449. The molecule has 0 atom stereocenters. The first-order chi connectivity index (χ1) is 15.6. The summed E-state index contributed by atoms with van der Waals surface area (Å²) in [7, 11) is 4.57. The fourth-order valence-electron chi connectivity index (χ4n) is 3.38. The van der Waals surface area contributed by atoms with Crippen LogP contribution in [0.3, 0.4) is 0 Å². The lowest BCUT2D eigenvalue weighted by molar-refractivity contribution is -0.157. The molecule has 1 aliphatic heterocycles. The molecule has 8 heteroatoms. The van der Waals surface area contributed by atoms with Crippen LogP contribution in [0, 0.1) is 6.92 Å². The molecule has 0 spiro atoms. The minimum Gasteiger partial charge on any atom is -0.496 e. The van der Waals surface area contributed by atoms with E-state index in [1.165, 1.54) is 21.3 Å². The molecule has 0 radical (unpaired) electrons. The fraction of sp³-hybridized carbons (Fsp3) is 0.360. The van der Waals surface area contributed by atoms with Gasteiger partial charge < -0.3 is 28.4 Å². The van der Waals surface area contributed by atoms with Crippen LogP contribution in [0.15, 0.2) is 30.0 Å². The molecule has 3 rings (SSSR count). The first-order valence-corrected chi connectivity index (χ1v) is 10.3. The van der Waals surface area contributed by atoms with E-state index in [1.54, 1.807) is 58.0 Å². The predicted molar refractivity (Wildman–Crippen MR) is 122 cm³/mol. The number of Topliss-reactive ketones (excluding diaryl/α,β-unsaturated/α-hetero) is 1. The molecule has 0 N–H and O–H groups in total. The van der Waals surface area contributed by atoms with Crippen LogP contribution >= 0.6 is 0 Å². The molecule has 2 aromatic carbocycles. The maximum absolute atomic E-state index is 13.0. The zero-order valence-electron chi connectivity index (χ0n) is 19.9. The molecular formula is C25H28O8. The van der Waals surface area contributed by atoms with Crippen LogP contribution in [0.25, 0.3) is 6.08 Å². The van der Waals surface area contributed by atoms with E-state index in [-0.39, 0.29) is 18.1 Å². The summed E-state index contributed by atoms with van der Waals surface area (Å²) in [5, 5.41) is 0. The highest BCUT2D eigenvalue weighted by Crippen LogP contribution is 2.40. The maximum atomic E-state index is 13.0. The van der Waals surface area contributed by atoms with E-state index in [0.29, 0.717) is 45.4 Å². The van der Waals surface area contributed by atoms with Crippen molar-refractivity contribution in [2.45, 2.75) is 33.3 Å². The van der Waals surface area contributed by atoms with Crippen LogP contribution in [-0.2, 0) is 9.53 Å². The van der Waals surface area contributed by atoms with Gasteiger partial charge in [0.05, 0.1) is 26.9 Å². The number of carbonyl (C=O) groups is 2. The van der Waals surface area contributed by atoms with Crippen LogP contribution in [0.4, 0.5) is 0 Å². The van der Waals surface area contributed by atoms with E-state index >= 15 is 0 Å². The number of esters is 1. The Hall–Kier alpha value is -3.68. The standard InChI is InChI=1S/C25H28O8/c1-14-8-16(31-13-22(26)33-25(2,3)4)11-20-23(14)24(27)21(32-20)10-15-9-18(29-6)19(30-7)12-17(15)28-5/h8-12H,13H2,1-7H3/b21-10-. The number of hydrogen-bond donors (Lipinski definition) is 0. The Morgan fingerprint density at radius 1 is 0.970 bits per heavy atom. The van der Waals surface area contributed by atoms with E-state index in [2.05, 4.69) is 0 Å². The third-order valence-electron chi connectivity index (χ3n) is 4.74. The largest absolute Gasteiger partial charge is 0.496 e. The lowest BCUT2D eigenvalue weighted by Crippen LogP contribution is -2.27. The highest BCUT2D eigenvalue weighted by atomic mass is 16.6. The normalized spacial score (nSPS) is 13.9. The predicted octanol–water partition coefficient (Wildman–Crippen LogP) is 4.36. The van der Waals surface area contributed by atoms with Crippen LogP contribution < -0.4 is 23.7 Å². The summed E-state index contributed by atoms with van der Waals surface area (Å²) in [6, 6.07) is 6.64. The number of hydrogen-bond acceptors (Lipinski definition) is 8. The molecular weight excluding hydrogens is 428 g/mol. The minimum absolute atomic E-state index is 0.128. The van der Waals surface area contributed by atoms with Gasteiger partial charge in [0.25, 0.3) is 0 Å². The molecule has 1 aliphatic rings. The lowest BCUT2D eigenvalue weighted by Gasteiger charge is -2.19. The van der Waals surface area contributed by atoms with E-state index in [4.69, 9.17) is 28.4 Å². The first-order valence-electron chi connectivity index (χ1n) is 10.3. The van der Waals surface area contributed by atoms with Crippen LogP contribution in [0.5, 0.6) is 28.7 Å². The Kier molecular flexibility index (Phi) is 6.86. The fourth-order valence-corrected chi connectivity index (χ4v) is 3.38. The van der Waals surface area contributed by atoms with Crippen molar-refractivity contribution in [1.29, 1.82) is 0 Å². The number of ketones is 1. The van der Waals surface area contributed by atoms with Gasteiger partial charge in [-0.05, 0) is 51.5 Å². The smallest absolute Gasteiger partial charge is 0.344 e. The second-order valence-electron chi connectivity index (χ2n) is 8.38. The summed E-state index contributed by atoms with van der Waals surface area (Å²) in [6.07, 6.45) is 1.59. The van der Waals surface area contributed by atoms with Crippen LogP contribution in [-0.4, -0.2) is 45.3 Å². The van der Waals surface area contributed by atoms with Crippen molar-refractivity contribution in [2.24, 2.45) is 0 Å². The Morgan fingerprint density at radius 3 is 2.21 bits per heavy atom. The SMILES string of the molecule is COc1cc(OC)c(OC)cc1/C=C1\Oc2cc(OCC(=O)OC(C)(C)C)cc(C)c2C1=O. The van der Waals surface area contributed by atoms with Gasteiger partial charge >= 0.3 is 5.97 Å². The number of benzene rings is 2. The van der Waals surface area contributed by atoms with Gasteiger partial charge in [-0.1, -0.05) is 0 Å². The van der Waals surface area contributed by atoms with E-state index in [1.807, 2.05) is 0 Å². The number of rotatable bonds is 7. The van der Waals surface area contributed by atoms with Gasteiger partial charge in [-0.2, -0.15) is 0 Å². The van der Waals surface area contributed by atoms with Crippen molar-refractivity contribution in [3.8, 4) is 28.7 Å². The van der Waals surface area contributed by atoms with E-state index in [0.717, 1.165) is 0 Å². The third-order valence-corrected chi connectivity index (χ3v) is 4.74. The number of methoxy groups -OCH3 is 3. The zero-order chi connectivity index (χ0) is 24.3. The monoisotopic (exact) mass is 456 g/mol. The lowest BCUT2D eigenvalue weighted by atomic mass is 10.0. The van der Waals surface area contributed by atoms with Gasteiger partial charge in [0.1, 0.15) is 22.8 Å². The zero-order valence-corrected chi connectivity index (χ0v) is 19.9. The highest BCUT2D eigenvalue weighted by Gasteiger charge is 2.30. The number of fused-ring (bicyclic) bond motifs is 1. The maximum Gasteiger partial charge on any atom is 0.344 e. The Morgan fingerprint density at radius 2 is 1.61 bits per heavy atom. The van der Waals surface area contributed by atoms with Crippen LogP contribution in [0.2, 0.25) is 0 Å². The molecule has 1 heterocycles. The summed E-state index contributed by atoms with van der Waals surface area (Å²) in [5.41, 5.74) is 1.09. The Balaban J connectivity index is 1.87. The first kappa shape index (κ1) is 24.0. The molecule has 0 amide bonds. The highest BCUT2D eigenvalue weighted by molar-refractivity contribution is 6.15. The summed E-state index contributed by atoms with van der Waals surface area (Å²) in [6.45, 7) is 6.87. The molecule has 176 valence electrons. The van der Waals surface area contributed by atoms with Gasteiger partial charge in [0.15, 0.2) is 23.9 Å². The number of ether oxygens (including phenoxy) is 6. The van der Waals surface area contributed by atoms with E-state index < -0.39 is 11.6 Å². The average Bonchev–Trinajstić information content (AvgIpc) is 3.06. The second kappa shape index (κ2) is 9.44. The molecule has 8 nitrogen and oxygen atoms in total. The summed E-state index contributed by atoms with van der Waals surface area (Å²) >= 11 is 0. The molecule has 0 fully saturated rings. The molecule has 0 unspecified atom stereocenters. The van der Waals surface area contributed by atoms with Gasteiger partial charge in [-0.15, -0.1) is 0 Å². The van der Waals surface area contributed by atoms with Crippen molar-refractivity contribution in [1.82, 2.24) is 0 Å². The topological polar surface area (TPSA) is 89.5 Å². The summed E-state index contributed by atoms with van der Waals surface area (Å²) in [5.74, 6) is 1.60. The Labute approximate surface area is 193 Å². The van der Waals surface area contributed by atoms with Gasteiger partial charge in [0.2, 0.25) is 5.78 Å². The van der Waals surface area contributed by atoms with Crippen LogP contribution in [0.1, 0.15) is 42.3 Å². The van der Waals surface area contributed by atoms with Crippen molar-refractivity contribution in [3.63, 3.8) is 0 Å². The van der Waals surface area contributed by atoms with Crippen molar-refractivity contribution in [3.05, 3.63) is 46.7 Å². The minimum atomic E-state index is -0.602. The molecule has 0 bridgehead atoms. The van der Waals surface area contributed by atoms with Crippen molar-refractivity contribution < 1.29 is 38.0 Å². The molecule has 0 aromatic heterocycles. The van der Waals surface area contributed by atoms with Gasteiger partial charge in [-0.25, -0.2) is 4.79 Å². The number of aryl methyl sites for hydroxylation is 1. The van der Waals surface area contributed by atoms with Gasteiger partial charge in [0, 0.05) is 17.7 Å². The Bertz CT molecular complexity index is 1110. The molecule has 0 aliphatic carbocycles. The number of carbonyl (C=O) groups excluding carboxylic acids is 2. The summed E-state index contributed by atoms with van der Waals surface area (Å²) < 4.78 is 32.7. The molecule has 33 heavy (non-hydrogen) atoms. The second-order valence-corrected chi connectivity index (χ2v) is 8.38. The average molecular weight is 456 g/mol. The summed E-state index contributed by atoms with van der Waals surface area (Å²) in [4.78, 5) is 25.0. The molecule has 0 saturated carbocycles. The van der Waals surface area contributed by atoms with Gasteiger partial charge in [-0.3, -0.25) is 4.79 Å².